The Balaban J connectivity index is 3.08. The Bertz CT molecular complexity index is 485. The quantitative estimate of drug-likeness (QED) is 0.513. The molecule has 0 aliphatic carbocycles. The lowest BCUT2D eigenvalue weighted by Crippen LogP contribution is -2.58. The number of carbonyl (C=O) groups excluding carboxylic acids is 4. The fraction of sp³-hybridized carbons (Fsp3) is 0.733. The minimum atomic E-state index is -1.04. The summed E-state index contributed by atoms with van der Waals surface area (Å²) in [5.41, 5.74) is 0. The smallest absolute Gasteiger partial charge is 0.304 e. The van der Waals surface area contributed by atoms with Gasteiger partial charge in [-0.05, 0) is 0 Å². The maximum Gasteiger partial charge on any atom is 0.304 e. The van der Waals surface area contributed by atoms with Crippen molar-refractivity contribution in [1.82, 2.24) is 0 Å². The standard InChI is InChI=1S/C15H22O9/c1-7-13(21-9(3)17)14(22-10(4)18)12(6-20-8(2)16)24-15(7)23-11(5)19/h7,12-15H,6H2,1-5H3/t7-,12-,13-,14+,15-/m1/s1. The monoisotopic (exact) mass is 346 g/mol. The second-order valence-corrected chi connectivity index (χ2v) is 5.46. The Labute approximate surface area is 139 Å². The molecule has 1 rings (SSSR count). The summed E-state index contributed by atoms with van der Waals surface area (Å²) in [5.74, 6) is -2.97. The SMILES string of the molecule is CC(=O)OC[C@H]1O[C@@H](OC(C)=O)[C@H](C)[C@@H](OC(C)=O)[C@H]1OC(C)=O. The van der Waals surface area contributed by atoms with Crippen LogP contribution in [0.2, 0.25) is 0 Å². The van der Waals surface area contributed by atoms with Crippen molar-refractivity contribution in [3.8, 4) is 0 Å². The topological polar surface area (TPSA) is 114 Å². The fourth-order valence-electron chi connectivity index (χ4n) is 2.37. The van der Waals surface area contributed by atoms with Crippen LogP contribution < -0.4 is 0 Å². The van der Waals surface area contributed by atoms with Crippen LogP contribution in [0.25, 0.3) is 0 Å². The second kappa shape index (κ2) is 8.62. The van der Waals surface area contributed by atoms with E-state index in [1.54, 1.807) is 6.92 Å². The molecule has 24 heavy (non-hydrogen) atoms. The molecule has 0 amide bonds. The third-order valence-corrected chi connectivity index (χ3v) is 3.28. The summed E-state index contributed by atoms with van der Waals surface area (Å²) in [6.07, 6.45) is -3.93. The van der Waals surface area contributed by atoms with Gasteiger partial charge in [-0.2, -0.15) is 0 Å². The average molecular weight is 346 g/mol. The Kier molecular flexibility index (Phi) is 7.15. The summed E-state index contributed by atoms with van der Waals surface area (Å²) in [6, 6.07) is 0. The van der Waals surface area contributed by atoms with E-state index < -0.39 is 54.4 Å². The van der Waals surface area contributed by atoms with Crippen LogP contribution in [0, 0.1) is 5.92 Å². The van der Waals surface area contributed by atoms with Crippen LogP contribution in [0.3, 0.4) is 0 Å². The predicted octanol–water partition coefficient (Wildman–Crippen LogP) is 0.337. The van der Waals surface area contributed by atoms with Crippen LogP contribution in [0.5, 0.6) is 0 Å². The third kappa shape index (κ3) is 5.80. The van der Waals surface area contributed by atoms with Gasteiger partial charge in [-0.25, -0.2) is 0 Å². The molecule has 1 heterocycles. The highest BCUT2D eigenvalue weighted by Gasteiger charge is 2.49. The highest BCUT2D eigenvalue weighted by molar-refractivity contribution is 5.68. The van der Waals surface area contributed by atoms with Crippen LogP contribution in [0.1, 0.15) is 34.6 Å². The minimum absolute atomic E-state index is 0.254. The summed E-state index contributed by atoms with van der Waals surface area (Å²) in [6.45, 7) is 6.18. The maximum atomic E-state index is 11.4. The Morgan fingerprint density at radius 1 is 0.792 bits per heavy atom. The molecular weight excluding hydrogens is 324 g/mol. The zero-order chi connectivity index (χ0) is 18.4. The number of esters is 4. The van der Waals surface area contributed by atoms with E-state index in [1.807, 2.05) is 0 Å². The molecule has 0 aromatic rings. The first kappa shape index (κ1) is 19.9. The molecule has 5 atom stereocenters. The summed E-state index contributed by atoms with van der Waals surface area (Å²) >= 11 is 0. The lowest BCUT2D eigenvalue weighted by atomic mass is 9.92. The summed E-state index contributed by atoms with van der Waals surface area (Å²) in [7, 11) is 0. The number of hydrogen-bond donors (Lipinski definition) is 0. The minimum Gasteiger partial charge on any atom is -0.463 e. The van der Waals surface area contributed by atoms with Gasteiger partial charge in [0.2, 0.25) is 6.29 Å². The molecule has 9 nitrogen and oxygen atoms in total. The van der Waals surface area contributed by atoms with Gasteiger partial charge in [0, 0.05) is 27.7 Å². The van der Waals surface area contributed by atoms with Crippen molar-refractivity contribution in [3.05, 3.63) is 0 Å². The summed E-state index contributed by atoms with van der Waals surface area (Å²) in [5, 5.41) is 0. The van der Waals surface area contributed by atoms with E-state index in [-0.39, 0.29) is 6.61 Å². The zero-order valence-corrected chi connectivity index (χ0v) is 14.3. The van der Waals surface area contributed by atoms with Crippen molar-refractivity contribution in [2.24, 2.45) is 5.92 Å². The molecule has 0 radical (unpaired) electrons. The van der Waals surface area contributed by atoms with Gasteiger partial charge >= 0.3 is 23.9 Å². The molecule has 1 fully saturated rings. The van der Waals surface area contributed by atoms with Crippen molar-refractivity contribution < 1.29 is 42.9 Å². The van der Waals surface area contributed by atoms with Crippen molar-refractivity contribution in [2.75, 3.05) is 6.61 Å². The Morgan fingerprint density at radius 3 is 1.75 bits per heavy atom. The van der Waals surface area contributed by atoms with E-state index in [0.29, 0.717) is 0 Å². The van der Waals surface area contributed by atoms with Crippen molar-refractivity contribution in [2.45, 2.75) is 59.2 Å². The molecule has 0 spiro atoms. The Morgan fingerprint density at radius 2 is 1.29 bits per heavy atom. The third-order valence-electron chi connectivity index (χ3n) is 3.28. The number of carbonyl (C=O) groups is 4. The molecule has 1 saturated heterocycles. The molecule has 1 aliphatic heterocycles. The molecule has 0 bridgehead atoms. The lowest BCUT2D eigenvalue weighted by molar-refractivity contribution is -0.281. The molecule has 9 heteroatoms. The van der Waals surface area contributed by atoms with Crippen LogP contribution in [-0.4, -0.2) is 55.1 Å². The van der Waals surface area contributed by atoms with Crippen molar-refractivity contribution in [1.29, 1.82) is 0 Å². The molecule has 1 aliphatic rings. The number of hydrogen-bond acceptors (Lipinski definition) is 9. The first-order valence-electron chi connectivity index (χ1n) is 7.42. The zero-order valence-electron chi connectivity index (χ0n) is 14.3. The lowest BCUT2D eigenvalue weighted by Gasteiger charge is -2.43. The second-order valence-electron chi connectivity index (χ2n) is 5.46. The summed E-state index contributed by atoms with van der Waals surface area (Å²) < 4.78 is 26.0. The van der Waals surface area contributed by atoms with E-state index in [4.69, 9.17) is 23.7 Å². The predicted molar refractivity (Wildman–Crippen MR) is 77.3 cm³/mol. The summed E-state index contributed by atoms with van der Waals surface area (Å²) in [4.78, 5) is 45.1. The Hall–Kier alpha value is -2.16. The highest BCUT2D eigenvalue weighted by atomic mass is 16.7. The van der Waals surface area contributed by atoms with E-state index >= 15 is 0 Å². The van der Waals surface area contributed by atoms with Gasteiger partial charge in [0.15, 0.2) is 6.10 Å². The van der Waals surface area contributed by atoms with Gasteiger partial charge < -0.3 is 23.7 Å². The molecule has 0 unspecified atom stereocenters. The maximum absolute atomic E-state index is 11.4. The number of ether oxygens (including phenoxy) is 5. The molecule has 0 aromatic carbocycles. The van der Waals surface area contributed by atoms with Crippen molar-refractivity contribution >= 4 is 23.9 Å². The molecular formula is C15H22O9. The van der Waals surface area contributed by atoms with Gasteiger partial charge in [0.1, 0.15) is 18.8 Å². The molecule has 0 N–H and O–H groups in total. The molecule has 136 valence electrons. The fourth-order valence-corrected chi connectivity index (χ4v) is 2.37. The van der Waals surface area contributed by atoms with Crippen molar-refractivity contribution in [3.63, 3.8) is 0 Å². The van der Waals surface area contributed by atoms with Gasteiger partial charge in [-0.15, -0.1) is 0 Å². The van der Waals surface area contributed by atoms with E-state index in [2.05, 4.69) is 0 Å². The van der Waals surface area contributed by atoms with E-state index in [1.165, 1.54) is 27.7 Å². The van der Waals surface area contributed by atoms with Gasteiger partial charge in [0.05, 0.1) is 5.92 Å². The highest BCUT2D eigenvalue weighted by Crippen LogP contribution is 2.31. The van der Waals surface area contributed by atoms with Crippen LogP contribution in [-0.2, 0) is 42.9 Å². The van der Waals surface area contributed by atoms with Gasteiger partial charge in [-0.3, -0.25) is 19.2 Å². The number of rotatable bonds is 5. The van der Waals surface area contributed by atoms with Gasteiger partial charge in [0.25, 0.3) is 0 Å². The van der Waals surface area contributed by atoms with E-state index in [0.717, 1.165) is 0 Å². The van der Waals surface area contributed by atoms with Gasteiger partial charge in [-0.1, -0.05) is 6.92 Å². The normalized spacial score (nSPS) is 29.3. The van der Waals surface area contributed by atoms with Crippen LogP contribution in [0.4, 0.5) is 0 Å². The first-order chi connectivity index (χ1) is 11.1. The molecule has 0 aromatic heterocycles. The van der Waals surface area contributed by atoms with Crippen LogP contribution >= 0.6 is 0 Å². The van der Waals surface area contributed by atoms with Crippen LogP contribution in [0.15, 0.2) is 0 Å². The first-order valence-corrected chi connectivity index (χ1v) is 7.42. The van der Waals surface area contributed by atoms with E-state index in [9.17, 15) is 19.2 Å². The largest absolute Gasteiger partial charge is 0.463 e. The molecule has 0 saturated carbocycles. The average Bonchev–Trinajstić information content (AvgIpc) is 2.42.